The van der Waals surface area contributed by atoms with E-state index in [-0.39, 0.29) is 6.04 Å². The first-order valence-corrected chi connectivity index (χ1v) is 6.26. The Balaban J connectivity index is 1.92. The number of aromatic nitrogens is 4. The summed E-state index contributed by atoms with van der Waals surface area (Å²) in [7, 11) is 0. The van der Waals surface area contributed by atoms with E-state index < -0.39 is 0 Å². The molecule has 1 saturated carbocycles. The third-order valence-corrected chi connectivity index (χ3v) is 3.70. The van der Waals surface area contributed by atoms with Crippen LogP contribution in [0.5, 0.6) is 0 Å². The molecular formula is C12H17N5. The molecule has 0 bridgehead atoms. The molecule has 90 valence electrons. The van der Waals surface area contributed by atoms with Gasteiger partial charge in [-0.05, 0) is 18.8 Å². The lowest BCUT2D eigenvalue weighted by molar-refractivity contribution is 0.299. The van der Waals surface area contributed by atoms with Gasteiger partial charge in [0.2, 0.25) is 0 Å². The van der Waals surface area contributed by atoms with E-state index in [1.807, 2.05) is 10.5 Å². The van der Waals surface area contributed by atoms with Gasteiger partial charge in [0.1, 0.15) is 6.33 Å². The molecule has 0 amide bonds. The maximum atomic E-state index is 6.33. The third-order valence-electron chi connectivity index (χ3n) is 3.70. The van der Waals surface area contributed by atoms with Crippen molar-refractivity contribution in [3.63, 3.8) is 0 Å². The summed E-state index contributed by atoms with van der Waals surface area (Å²) in [5.41, 5.74) is 7.15. The second-order valence-corrected chi connectivity index (χ2v) is 4.79. The quantitative estimate of drug-likeness (QED) is 0.854. The van der Waals surface area contributed by atoms with E-state index in [1.54, 1.807) is 12.5 Å². The van der Waals surface area contributed by atoms with Crippen molar-refractivity contribution in [1.82, 2.24) is 19.6 Å². The van der Waals surface area contributed by atoms with Crippen LogP contribution in [-0.2, 0) is 0 Å². The molecule has 2 N–H and O–H groups in total. The van der Waals surface area contributed by atoms with Gasteiger partial charge in [-0.1, -0.05) is 19.3 Å². The highest BCUT2D eigenvalue weighted by Gasteiger charge is 2.25. The Bertz CT molecular complexity index is 500. The molecule has 0 aliphatic heterocycles. The molecule has 1 aliphatic carbocycles. The largest absolute Gasteiger partial charge is 0.321 e. The van der Waals surface area contributed by atoms with Crippen LogP contribution in [0.3, 0.4) is 0 Å². The van der Waals surface area contributed by atoms with Gasteiger partial charge in [-0.3, -0.25) is 4.40 Å². The lowest BCUT2D eigenvalue weighted by Gasteiger charge is -2.26. The SMILES string of the molecule is NC(c1nnc2ccncn12)C1CCCCC1. The highest BCUT2D eigenvalue weighted by atomic mass is 15.3. The van der Waals surface area contributed by atoms with Crippen molar-refractivity contribution in [1.29, 1.82) is 0 Å². The van der Waals surface area contributed by atoms with Crippen LogP contribution in [0.25, 0.3) is 5.65 Å². The van der Waals surface area contributed by atoms with Gasteiger partial charge in [0, 0.05) is 12.3 Å². The molecule has 1 fully saturated rings. The summed E-state index contributed by atoms with van der Waals surface area (Å²) in [6, 6.07) is 1.83. The molecule has 2 heterocycles. The van der Waals surface area contributed by atoms with Gasteiger partial charge in [-0.15, -0.1) is 10.2 Å². The molecule has 5 heteroatoms. The van der Waals surface area contributed by atoms with Crippen LogP contribution >= 0.6 is 0 Å². The molecule has 1 unspecified atom stereocenters. The van der Waals surface area contributed by atoms with Crippen molar-refractivity contribution < 1.29 is 0 Å². The Hall–Kier alpha value is -1.49. The zero-order valence-corrected chi connectivity index (χ0v) is 9.79. The molecule has 0 spiro atoms. The number of nitrogens with two attached hydrogens (primary N) is 1. The Morgan fingerprint density at radius 3 is 2.88 bits per heavy atom. The maximum absolute atomic E-state index is 6.33. The van der Waals surface area contributed by atoms with Crippen LogP contribution in [0, 0.1) is 5.92 Å². The Morgan fingerprint density at radius 2 is 2.06 bits per heavy atom. The summed E-state index contributed by atoms with van der Waals surface area (Å²) >= 11 is 0. The highest BCUT2D eigenvalue weighted by molar-refractivity contribution is 5.35. The molecule has 1 atom stereocenters. The van der Waals surface area contributed by atoms with Crippen molar-refractivity contribution in [2.45, 2.75) is 38.1 Å². The predicted molar refractivity (Wildman–Crippen MR) is 64.3 cm³/mol. The topological polar surface area (TPSA) is 69.1 Å². The minimum atomic E-state index is -0.0190. The molecule has 0 saturated heterocycles. The Labute approximate surface area is 100 Å². The van der Waals surface area contributed by atoms with Crippen LogP contribution in [0.1, 0.15) is 44.0 Å². The zero-order chi connectivity index (χ0) is 11.7. The van der Waals surface area contributed by atoms with E-state index in [1.165, 1.54) is 32.1 Å². The molecule has 17 heavy (non-hydrogen) atoms. The Morgan fingerprint density at radius 1 is 1.24 bits per heavy atom. The first-order valence-electron chi connectivity index (χ1n) is 6.26. The van der Waals surface area contributed by atoms with Crippen LogP contribution in [0.4, 0.5) is 0 Å². The van der Waals surface area contributed by atoms with Crippen LogP contribution < -0.4 is 5.73 Å². The zero-order valence-electron chi connectivity index (χ0n) is 9.79. The van der Waals surface area contributed by atoms with Gasteiger partial charge in [0.05, 0.1) is 6.04 Å². The van der Waals surface area contributed by atoms with Crippen molar-refractivity contribution in [2.24, 2.45) is 11.7 Å². The van der Waals surface area contributed by atoms with E-state index in [0.717, 1.165) is 11.5 Å². The molecule has 3 rings (SSSR count). The first kappa shape index (κ1) is 10.7. The second-order valence-electron chi connectivity index (χ2n) is 4.79. The fraction of sp³-hybridized carbons (Fsp3) is 0.583. The van der Waals surface area contributed by atoms with Gasteiger partial charge in [0.15, 0.2) is 11.5 Å². The highest BCUT2D eigenvalue weighted by Crippen LogP contribution is 2.32. The number of hydrogen-bond donors (Lipinski definition) is 1. The van der Waals surface area contributed by atoms with Gasteiger partial charge < -0.3 is 5.73 Å². The van der Waals surface area contributed by atoms with Crippen LogP contribution in [0.15, 0.2) is 18.6 Å². The first-order chi connectivity index (χ1) is 8.36. The molecule has 0 aromatic carbocycles. The van der Waals surface area contributed by atoms with Crippen LogP contribution in [0.2, 0.25) is 0 Å². The average molecular weight is 231 g/mol. The standard InChI is InChI=1S/C12H17N5/c13-11(9-4-2-1-3-5-9)12-16-15-10-6-7-14-8-17(10)12/h6-9,11H,1-5,13H2. The summed E-state index contributed by atoms with van der Waals surface area (Å²) < 4.78 is 1.90. The molecule has 2 aromatic heterocycles. The van der Waals surface area contributed by atoms with Crippen LogP contribution in [-0.4, -0.2) is 19.6 Å². The molecular weight excluding hydrogens is 214 g/mol. The average Bonchev–Trinajstić information content (AvgIpc) is 2.83. The fourth-order valence-corrected chi connectivity index (χ4v) is 2.69. The molecule has 2 aromatic rings. The van der Waals surface area contributed by atoms with Crippen molar-refractivity contribution in [2.75, 3.05) is 0 Å². The van der Waals surface area contributed by atoms with Gasteiger partial charge in [-0.2, -0.15) is 0 Å². The number of hydrogen-bond acceptors (Lipinski definition) is 4. The van der Waals surface area contributed by atoms with E-state index in [2.05, 4.69) is 15.2 Å². The van der Waals surface area contributed by atoms with Crippen molar-refractivity contribution >= 4 is 5.65 Å². The third kappa shape index (κ3) is 1.91. The minimum absolute atomic E-state index is 0.0190. The smallest absolute Gasteiger partial charge is 0.163 e. The number of fused-ring (bicyclic) bond motifs is 1. The predicted octanol–water partition coefficient (Wildman–Crippen LogP) is 1.70. The van der Waals surface area contributed by atoms with Gasteiger partial charge in [0.25, 0.3) is 0 Å². The summed E-state index contributed by atoms with van der Waals surface area (Å²) in [5.74, 6) is 1.39. The van der Waals surface area contributed by atoms with Crippen molar-refractivity contribution in [3.05, 3.63) is 24.4 Å². The lowest BCUT2D eigenvalue weighted by Crippen LogP contribution is -2.25. The fourth-order valence-electron chi connectivity index (χ4n) is 2.69. The van der Waals surface area contributed by atoms with Gasteiger partial charge in [-0.25, -0.2) is 4.98 Å². The van der Waals surface area contributed by atoms with E-state index in [9.17, 15) is 0 Å². The van der Waals surface area contributed by atoms with Gasteiger partial charge >= 0.3 is 0 Å². The van der Waals surface area contributed by atoms with E-state index in [4.69, 9.17) is 5.73 Å². The maximum Gasteiger partial charge on any atom is 0.163 e. The summed E-state index contributed by atoms with van der Waals surface area (Å²) in [5, 5.41) is 8.35. The second kappa shape index (κ2) is 4.41. The number of nitrogens with zero attached hydrogens (tertiary/aromatic N) is 4. The lowest BCUT2D eigenvalue weighted by atomic mass is 9.84. The molecule has 0 radical (unpaired) electrons. The summed E-state index contributed by atoms with van der Waals surface area (Å²) in [4.78, 5) is 4.10. The molecule has 1 aliphatic rings. The monoisotopic (exact) mass is 231 g/mol. The van der Waals surface area contributed by atoms with E-state index >= 15 is 0 Å². The van der Waals surface area contributed by atoms with E-state index in [0.29, 0.717) is 5.92 Å². The summed E-state index contributed by atoms with van der Waals surface area (Å²) in [6.45, 7) is 0. The molecule has 5 nitrogen and oxygen atoms in total. The number of rotatable bonds is 2. The normalized spacial score (nSPS) is 19.6. The Kier molecular flexibility index (Phi) is 2.76. The minimum Gasteiger partial charge on any atom is -0.321 e. The van der Waals surface area contributed by atoms with Crippen molar-refractivity contribution in [3.8, 4) is 0 Å². The summed E-state index contributed by atoms with van der Waals surface area (Å²) in [6.07, 6.45) is 9.78.